The Kier molecular flexibility index (Phi) is 4.88. The number of hydrogen-bond donors (Lipinski definition) is 1. The molecule has 1 atom stereocenters. The van der Waals surface area contributed by atoms with Gasteiger partial charge >= 0.3 is 5.97 Å². The number of carbonyl (C=O) groups excluding carboxylic acids is 3. The molecule has 116 valence electrons. The van der Waals surface area contributed by atoms with Gasteiger partial charge in [0.2, 0.25) is 12.0 Å². The van der Waals surface area contributed by atoms with Crippen molar-refractivity contribution in [3.05, 3.63) is 35.9 Å². The summed E-state index contributed by atoms with van der Waals surface area (Å²) in [5.41, 5.74) is 2.91. The maximum absolute atomic E-state index is 12.3. The van der Waals surface area contributed by atoms with Crippen molar-refractivity contribution in [2.45, 2.75) is 18.9 Å². The van der Waals surface area contributed by atoms with Gasteiger partial charge in [0.25, 0.3) is 5.91 Å². The van der Waals surface area contributed by atoms with Gasteiger partial charge in [0.1, 0.15) is 5.71 Å². The van der Waals surface area contributed by atoms with Crippen LogP contribution >= 0.6 is 0 Å². The van der Waals surface area contributed by atoms with Crippen molar-refractivity contribution in [2.75, 3.05) is 14.1 Å². The van der Waals surface area contributed by atoms with Crippen molar-refractivity contribution < 1.29 is 19.1 Å². The van der Waals surface area contributed by atoms with Crippen molar-refractivity contribution in [1.82, 2.24) is 10.3 Å². The number of hydrazone groups is 1. The van der Waals surface area contributed by atoms with Gasteiger partial charge in [-0.3, -0.25) is 9.59 Å². The molecule has 22 heavy (non-hydrogen) atoms. The van der Waals surface area contributed by atoms with Crippen LogP contribution in [0.4, 0.5) is 0 Å². The highest BCUT2D eigenvalue weighted by molar-refractivity contribution is 6.37. The molecule has 1 aliphatic heterocycles. The lowest BCUT2D eigenvalue weighted by Gasteiger charge is -2.22. The lowest BCUT2D eigenvalue weighted by Crippen LogP contribution is -2.35. The Morgan fingerprint density at radius 2 is 1.91 bits per heavy atom. The van der Waals surface area contributed by atoms with Crippen LogP contribution in [0.15, 0.2) is 35.4 Å². The second kappa shape index (κ2) is 6.84. The minimum atomic E-state index is -1.04. The first-order valence-electron chi connectivity index (χ1n) is 6.81. The molecule has 7 nitrogen and oxygen atoms in total. The van der Waals surface area contributed by atoms with E-state index in [1.807, 2.05) is 6.07 Å². The first-order valence-corrected chi connectivity index (χ1v) is 6.81. The fraction of sp³-hybridized carbons (Fsp3) is 0.333. The summed E-state index contributed by atoms with van der Waals surface area (Å²) in [5.74, 6) is -1.30. The Morgan fingerprint density at radius 1 is 1.23 bits per heavy atom. The number of likely N-dealkylation sites (N-methyl/N-ethyl adjacent to an activating group) is 1. The van der Waals surface area contributed by atoms with E-state index in [-0.39, 0.29) is 30.4 Å². The summed E-state index contributed by atoms with van der Waals surface area (Å²) in [6, 6.07) is 8.76. The van der Waals surface area contributed by atoms with Crippen LogP contribution in [0.3, 0.4) is 0 Å². The molecule has 2 rings (SSSR count). The molecule has 0 saturated heterocycles. The van der Waals surface area contributed by atoms with Crippen molar-refractivity contribution in [3.8, 4) is 0 Å². The first-order chi connectivity index (χ1) is 10.5. The predicted molar refractivity (Wildman–Crippen MR) is 78.8 cm³/mol. The maximum Gasteiger partial charge on any atom is 0.355 e. The summed E-state index contributed by atoms with van der Waals surface area (Å²) in [6.07, 6.45) is -0.669. The summed E-state index contributed by atoms with van der Waals surface area (Å²) in [7, 11) is 3.18. The van der Waals surface area contributed by atoms with Crippen LogP contribution in [0, 0.1) is 0 Å². The molecule has 0 radical (unpaired) electrons. The third-order valence-electron chi connectivity index (χ3n) is 3.13. The maximum atomic E-state index is 12.3. The van der Waals surface area contributed by atoms with E-state index in [2.05, 4.69) is 10.5 Å². The normalized spacial score (nSPS) is 15.4. The van der Waals surface area contributed by atoms with Gasteiger partial charge < -0.3 is 9.64 Å². The average molecular weight is 303 g/mol. The summed E-state index contributed by atoms with van der Waals surface area (Å²) in [5, 5.41) is 3.68. The van der Waals surface area contributed by atoms with Gasteiger partial charge in [0.05, 0.1) is 0 Å². The number of ether oxygens (including phenoxy) is 1. The second-order valence-electron chi connectivity index (χ2n) is 5.02. The van der Waals surface area contributed by atoms with Gasteiger partial charge in [-0.05, 0) is 0 Å². The van der Waals surface area contributed by atoms with E-state index < -0.39 is 12.1 Å². The van der Waals surface area contributed by atoms with E-state index in [1.54, 1.807) is 38.4 Å². The molecule has 2 amide bonds. The summed E-state index contributed by atoms with van der Waals surface area (Å²) in [4.78, 5) is 36.8. The zero-order chi connectivity index (χ0) is 16.1. The van der Waals surface area contributed by atoms with Crippen LogP contribution in [0.2, 0.25) is 0 Å². The molecule has 1 N–H and O–H groups in total. The van der Waals surface area contributed by atoms with Gasteiger partial charge in [-0.25, -0.2) is 10.2 Å². The van der Waals surface area contributed by atoms with Crippen molar-refractivity contribution in [1.29, 1.82) is 0 Å². The zero-order valence-corrected chi connectivity index (χ0v) is 12.4. The number of hydrogen-bond acceptors (Lipinski definition) is 5. The Bertz CT molecular complexity index is 610. The molecule has 0 unspecified atom stereocenters. The van der Waals surface area contributed by atoms with Crippen LogP contribution in [-0.4, -0.2) is 42.5 Å². The molecule has 0 saturated carbocycles. The number of nitrogens with zero attached hydrogens (tertiary/aromatic N) is 2. The Labute approximate surface area is 127 Å². The molecule has 1 aromatic carbocycles. The molecule has 0 bridgehead atoms. The highest BCUT2D eigenvalue weighted by Crippen LogP contribution is 2.20. The highest BCUT2D eigenvalue weighted by Gasteiger charge is 2.29. The van der Waals surface area contributed by atoms with Gasteiger partial charge in [-0.15, -0.1) is 0 Å². The summed E-state index contributed by atoms with van der Waals surface area (Å²) >= 11 is 0. The van der Waals surface area contributed by atoms with Gasteiger partial charge in [0, 0.05) is 32.5 Å². The van der Waals surface area contributed by atoms with Crippen LogP contribution in [0.1, 0.15) is 24.5 Å². The van der Waals surface area contributed by atoms with E-state index in [9.17, 15) is 14.4 Å². The number of carbonyl (C=O) groups is 3. The second-order valence-corrected chi connectivity index (χ2v) is 5.02. The number of nitrogens with one attached hydrogen (secondary N) is 1. The van der Waals surface area contributed by atoms with Gasteiger partial charge in [-0.2, -0.15) is 5.10 Å². The van der Waals surface area contributed by atoms with Crippen molar-refractivity contribution in [2.24, 2.45) is 5.10 Å². The summed E-state index contributed by atoms with van der Waals surface area (Å²) in [6.45, 7) is 0. The predicted octanol–water partition coefficient (Wildman–Crippen LogP) is 0.625. The van der Waals surface area contributed by atoms with E-state index in [1.165, 1.54) is 4.90 Å². The Hall–Kier alpha value is -2.70. The molecule has 1 aromatic rings. The van der Waals surface area contributed by atoms with Crippen LogP contribution in [-0.2, 0) is 19.1 Å². The van der Waals surface area contributed by atoms with Crippen LogP contribution in [0.5, 0.6) is 0 Å². The molecule has 0 aromatic heterocycles. The molecule has 0 aliphatic carbocycles. The topological polar surface area (TPSA) is 88.1 Å². The smallest absolute Gasteiger partial charge is 0.355 e. The minimum Gasteiger partial charge on any atom is -0.443 e. The third-order valence-corrected chi connectivity index (χ3v) is 3.13. The van der Waals surface area contributed by atoms with Gasteiger partial charge in [-0.1, -0.05) is 30.3 Å². The number of benzene rings is 1. The molecular weight excluding hydrogens is 286 g/mol. The van der Waals surface area contributed by atoms with E-state index >= 15 is 0 Å². The van der Waals surface area contributed by atoms with E-state index in [0.29, 0.717) is 5.56 Å². The fourth-order valence-corrected chi connectivity index (χ4v) is 1.92. The largest absolute Gasteiger partial charge is 0.443 e. The highest BCUT2D eigenvalue weighted by atomic mass is 16.5. The van der Waals surface area contributed by atoms with Crippen LogP contribution < -0.4 is 5.43 Å². The van der Waals surface area contributed by atoms with Crippen molar-refractivity contribution >= 4 is 23.5 Å². The van der Waals surface area contributed by atoms with E-state index in [0.717, 1.165) is 0 Å². The molecular formula is C15H17N3O4. The standard InChI is InChI=1S/C15H17N3O4/c1-18(2)14(20)13(10-6-4-3-5-7-10)22-15(21)11-8-9-12(19)17-16-11/h3-7,13H,8-9H2,1-2H3,(H,17,19)/t13-/m0/s1. The average Bonchev–Trinajstić information content (AvgIpc) is 2.53. The number of rotatable bonds is 4. The number of amides is 2. The number of esters is 1. The molecule has 0 fully saturated rings. The summed E-state index contributed by atoms with van der Waals surface area (Å²) < 4.78 is 5.32. The Morgan fingerprint density at radius 3 is 2.45 bits per heavy atom. The van der Waals surface area contributed by atoms with E-state index in [4.69, 9.17) is 4.74 Å². The monoisotopic (exact) mass is 303 g/mol. The van der Waals surface area contributed by atoms with Gasteiger partial charge in [0.15, 0.2) is 0 Å². The fourth-order valence-electron chi connectivity index (χ4n) is 1.92. The Balaban J connectivity index is 2.18. The lowest BCUT2D eigenvalue weighted by molar-refractivity contribution is -0.154. The molecule has 0 spiro atoms. The first kappa shape index (κ1) is 15.7. The van der Waals surface area contributed by atoms with Crippen molar-refractivity contribution in [3.63, 3.8) is 0 Å². The lowest BCUT2D eigenvalue weighted by atomic mass is 10.1. The molecule has 1 aliphatic rings. The zero-order valence-electron chi connectivity index (χ0n) is 12.4. The third kappa shape index (κ3) is 3.69. The molecule has 1 heterocycles. The van der Waals surface area contributed by atoms with Crippen LogP contribution in [0.25, 0.3) is 0 Å². The SMILES string of the molecule is CN(C)C(=O)[C@@H](OC(=O)C1=NNC(=O)CC1)c1ccccc1. The quantitative estimate of drug-likeness (QED) is 0.826. The minimum absolute atomic E-state index is 0.104. The molecule has 7 heteroatoms.